The van der Waals surface area contributed by atoms with Gasteiger partial charge in [0.2, 0.25) is 0 Å². The van der Waals surface area contributed by atoms with E-state index in [1.807, 2.05) is 80.6 Å². The zero-order valence-corrected chi connectivity index (χ0v) is 18.9. The number of benzene rings is 3. The topological polar surface area (TPSA) is 56.3 Å². The van der Waals surface area contributed by atoms with Gasteiger partial charge in [-0.05, 0) is 78.6 Å². The molecule has 0 bridgehead atoms. The van der Waals surface area contributed by atoms with Crippen molar-refractivity contribution in [1.29, 1.82) is 0 Å². The van der Waals surface area contributed by atoms with Gasteiger partial charge < -0.3 is 4.74 Å². The fraction of sp³-hybridized carbons (Fsp3) is 0.207. The predicted octanol–water partition coefficient (Wildman–Crippen LogP) is 5.64. The zero-order valence-electron chi connectivity index (χ0n) is 18.9. The van der Waals surface area contributed by atoms with E-state index in [-0.39, 0.29) is 11.6 Å². The number of carbonyl (C=O) groups excluding carboxylic acids is 2. The minimum absolute atomic E-state index is 0.0580. The van der Waals surface area contributed by atoms with Crippen LogP contribution in [0.2, 0.25) is 0 Å². The van der Waals surface area contributed by atoms with Crippen molar-refractivity contribution in [2.45, 2.75) is 33.1 Å². The summed E-state index contributed by atoms with van der Waals surface area (Å²) in [6.45, 7) is 4.63. The Morgan fingerprint density at radius 2 is 1.64 bits per heavy atom. The summed E-state index contributed by atoms with van der Waals surface area (Å²) in [5.41, 5.74) is 7.24. The van der Waals surface area contributed by atoms with Gasteiger partial charge in [0, 0.05) is 41.5 Å². The van der Waals surface area contributed by atoms with Crippen molar-refractivity contribution in [1.82, 2.24) is 4.98 Å². The van der Waals surface area contributed by atoms with Crippen LogP contribution in [0.1, 0.15) is 48.7 Å². The largest absolute Gasteiger partial charge is 0.493 e. The number of nitrogens with zero attached hydrogens (tertiary/aromatic N) is 1. The lowest BCUT2D eigenvalue weighted by Gasteiger charge is -2.10. The number of hydrogen-bond donors (Lipinski definition) is 0. The molecule has 3 aromatic carbocycles. The molecule has 1 aromatic heterocycles. The number of hydrogen-bond acceptors (Lipinski definition) is 4. The van der Waals surface area contributed by atoms with Crippen molar-refractivity contribution in [2.24, 2.45) is 0 Å². The minimum atomic E-state index is 0.0580. The maximum absolute atomic E-state index is 13.0. The second kappa shape index (κ2) is 8.62. The van der Waals surface area contributed by atoms with Gasteiger partial charge in [-0.3, -0.25) is 14.6 Å². The van der Waals surface area contributed by atoms with E-state index >= 15 is 0 Å². The number of pyridine rings is 1. The van der Waals surface area contributed by atoms with E-state index in [1.54, 1.807) is 0 Å². The Morgan fingerprint density at radius 1 is 0.848 bits per heavy atom. The molecule has 1 aliphatic rings. The molecule has 4 nitrogen and oxygen atoms in total. The summed E-state index contributed by atoms with van der Waals surface area (Å²) in [6, 6.07) is 21.2. The highest BCUT2D eigenvalue weighted by atomic mass is 16.5. The zero-order chi connectivity index (χ0) is 22.9. The molecule has 0 N–H and O–H groups in total. The van der Waals surface area contributed by atoms with Gasteiger partial charge in [-0.15, -0.1) is 0 Å². The summed E-state index contributed by atoms with van der Waals surface area (Å²) < 4.78 is 5.54. The fourth-order valence-corrected chi connectivity index (χ4v) is 4.35. The molecule has 2 heterocycles. The summed E-state index contributed by atoms with van der Waals surface area (Å²) in [6.07, 6.45) is 1.45. The second-order valence-corrected chi connectivity index (χ2v) is 8.74. The Labute approximate surface area is 193 Å². The highest BCUT2D eigenvalue weighted by Gasteiger charge is 2.16. The molecule has 0 amide bonds. The lowest BCUT2D eigenvalue weighted by molar-refractivity contribution is 0.0986. The van der Waals surface area contributed by atoms with Crippen molar-refractivity contribution in [2.75, 3.05) is 6.61 Å². The van der Waals surface area contributed by atoms with Crippen LogP contribution in [-0.4, -0.2) is 23.2 Å². The Bertz CT molecular complexity index is 1400. The average Bonchev–Trinajstić information content (AvgIpc) is 3.28. The molecule has 0 saturated carbocycles. The SMILES string of the molecule is Cc1ccc2cc(C(=O)Cc3cc(CC(=O)c4ccc5c(c4)CCO5)ccc3C)ccc2n1. The van der Waals surface area contributed by atoms with Gasteiger partial charge in [0.1, 0.15) is 5.75 Å². The van der Waals surface area contributed by atoms with E-state index in [0.717, 1.165) is 51.0 Å². The number of fused-ring (bicyclic) bond motifs is 2. The van der Waals surface area contributed by atoms with E-state index in [1.165, 1.54) is 0 Å². The summed E-state index contributed by atoms with van der Waals surface area (Å²) in [5.74, 6) is 1.01. The van der Waals surface area contributed by atoms with Crippen molar-refractivity contribution >= 4 is 22.5 Å². The number of aromatic nitrogens is 1. The van der Waals surface area contributed by atoms with Crippen LogP contribution >= 0.6 is 0 Å². The summed E-state index contributed by atoms with van der Waals surface area (Å²) in [5, 5.41) is 0.960. The Hall–Kier alpha value is -3.79. The van der Waals surface area contributed by atoms with Crippen molar-refractivity contribution in [3.8, 4) is 5.75 Å². The molecule has 0 atom stereocenters. The van der Waals surface area contributed by atoms with Crippen LogP contribution in [0.4, 0.5) is 0 Å². The standard InChI is InChI=1S/C29H25NO3/c1-18-3-5-20(14-27(31)23-8-10-29-24(16-23)11-12-33-29)13-25(18)17-28(32)22-7-9-26-21(15-22)6-4-19(2)30-26/h3-10,13,15-16H,11-12,14,17H2,1-2H3. The van der Waals surface area contributed by atoms with Crippen LogP contribution in [0.5, 0.6) is 5.75 Å². The Morgan fingerprint density at radius 3 is 2.52 bits per heavy atom. The lowest BCUT2D eigenvalue weighted by Crippen LogP contribution is -2.08. The Kier molecular flexibility index (Phi) is 5.51. The molecule has 164 valence electrons. The third-order valence-electron chi connectivity index (χ3n) is 6.29. The van der Waals surface area contributed by atoms with Crippen LogP contribution in [0.3, 0.4) is 0 Å². The predicted molar refractivity (Wildman–Crippen MR) is 129 cm³/mol. The third kappa shape index (κ3) is 4.42. The second-order valence-electron chi connectivity index (χ2n) is 8.74. The number of ether oxygens (including phenoxy) is 1. The maximum Gasteiger partial charge on any atom is 0.167 e. The normalized spacial score (nSPS) is 12.4. The van der Waals surface area contributed by atoms with Crippen molar-refractivity contribution < 1.29 is 14.3 Å². The molecule has 4 heteroatoms. The Balaban J connectivity index is 1.33. The van der Waals surface area contributed by atoms with E-state index in [2.05, 4.69) is 4.98 Å². The molecule has 0 fully saturated rings. The first-order valence-corrected chi connectivity index (χ1v) is 11.2. The van der Waals surface area contributed by atoms with Gasteiger partial charge in [0.15, 0.2) is 11.6 Å². The highest BCUT2D eigenvalue weighted by Crippen LogP contribution is 2.26. The first-order chi connectivity index (χ1) is 16.0. The van der Waals surface area contributed by atoms with Gasteiger partial charge in [-0.25, -0.2) is 0 Å². The molecular weight excluding hydrogens is 410 g/mol. The van der Waals surface area contributed by atoms with E-state index < -0.39 is 0 Å². The first-order valence-electron chi connectivity index (χ1n) is 11.2. The van der Waals surface area contributed by atoms with Crippen LogP contribution in [0.15, 0.2) is 66.7 Å². The number of carbonyl (C=O) groups is 2. The molecule has 4 aromatic rings. The smallest absolute Gasteiger partial charge is 0.167 e. The highest BCUT2D eigenvalue weighted by molar-refractivity contribution is 6.01. The molecule has 5 rings (SSSR count). The quantitative estimate of drug-likeness (QED) is 0.368. The third-order valence-corrected chi connectivity index (χ3v) is 6.29. The van der Waals surface area contributed by atoms with Crippen LogP contribution in [0, 0.1) is 13.8 Å². The van der Waals surface area contributed by atoms with Gasteiger partial charge in [0.05, 0.1) is 12.1 Å². The number of Topliss-reactive ketones (excluding diaryl/α,β-unsaturated/α-hetero) is 2. The molecule has 33 heavy (non-hydrogen) atoms. The first kappa shape index (κ1) is 21.1. The van der Waals surface area contributed by atoms with Crippen molar-refractivity contribution in [3.05, 3.63) is 106 Å². The number of rotatable bonds is 6. The van der Waals surface area contributed by atoms with Gasteiger partial charge >= 0.3 is 0 Å². The molecule has 0 saturated heterocycles. The lowest BCUT2D eigenvalue weighted by atomic mass is 9.94. The number of ketones is 2. The van der Waals surface area contributed by atoms with Crippen LogP contribution in [-0.2, 0) is 19.3 Å². The van der Waals surface area contributed by atoms with Gasteiger partial charge in [0.25, 0.3) is 0 Å². The van der Waals surface area contributed by atoms with Gasteiger partial charge in [-0.2, -0.15) is 0 Å². The fourth-order valence-electron chi connectivity index (χ4n) is 4.35. The molecule has 0 radical (unpaired) electrons. The average molecular weight is 436 g/mol. The summed E-state index contributed by atoms with van der Waals surface area (Å²) in [4.78, 5) is 30.4. The van der Waals surface area contributed by atoms with E-state index in [9.17, 15) is 9.59 Å². The summed E-state index contributed by atoms with van der Waals surface area (Å²) in [7, 11) is 0. The number of aryl methyl sites for hydroxylation is 2. The molecule has 0 spiro atoms. The van der Waals surface area contributed by atoms with E-state index in [4.69, 9.17) is 4.74 Å². The monoisotopic (exact) mass is 435 g/mol. The minimum Gasteiger partial charge on any atom is -0.493 e. The van der Waals surface area contributed by atoms with Crippen LogP contribution < -0.4 is 4.74 Å². The maximum atomic E-state index is 13.0. The van der Waals surface area contributed by atoms with Gasteiger partial charge in [-0.1, -0.05) is 24.3 Å². The molecule has 1 aliphatic heterocycles. The summed E-state index contributed by atoms with van der Waals surface area (Å²) >= 11 is 0. The van der Waals surface area contributed by atoms with Crippen molar-refractivity contribution in [3.63, 3.8) is 0 Å². The molecule has 0 aliphatic carbocycles. The van der Waals surface area contributed by atoms with E-state index in [0.29, 0.717) is 30.6 Å². The molecular formula is C29H25NO3. The van der Waals surface area contributed by atoms with Crippen LogP contribution in [0.25, 0.3) is 10.9 Å². The molecule has 0 unspecified atom stereocenters.